The summed E-state index contributed by atoms with van der Waals surface area (Å²) < 4.78 is 12.6. The van der Waals surface area contributed by atoms with Crippen molar-refractivity contribution < 1.29 is 24.2 Å². The molecule has 0 unspecified atom stereocenters. The summed E-state index contributed by atoms with van der Waals surface area (Å²) in [6.45, 7) is 3.05. The van der Waals surface area contributed by atoms with Crippen molar-refractivity contribution in [2.75, 3.05) is 14.2 Å². The van der Waals surface area contributed by atoms with Crippen molar-refractivity contribution in [1.29, 1.82) is 0 Å². The zero-order valence-electron chi connectivity index (χ0n) is 17.6. The largest absolute Gasteiger partial charge is 0.496 e. The molecule has 1 aromatic heterocycles. The van der Waals surface area contributed by atoms with Gasteiger partial charge in [-0.2, -0.15) is 0 Å². The van der Waals surface area contributed by atoms with Gasteiger partial charge in [-0.3, -0.25) is 4.79 Å². The Morgan fingerprint density at radius 1 is 1.07 bits per heavy atom. The van der Waals surface area contributed by atoms with Crippen molar-refractivity contribution in [1.82, 2.24) is 4.57 Å². The Morgan fingerprint density at radius 3 is 2.53 bits per heavy atom. The molecule has 3 aromatic rings. The third-order valence-electron chi connectivity index (χ3n) is 5.21. The summed E-state index contributed by atoms with van der Waals surface area (Å²) in [5, 5.41) is 10.1. The fourth-order valence-electron chi connectivity index (χ4n) is 3.73. The maximum atomic E-state index is 11.8. The molecule has 6 nitrogen and oxygen atoms in total. The highest BCUT2D eigenvalue weighted by molar-refractivity contribution is 5.90. The van der Waals surface area contributed by atoms with Crippen molar-refractivity contribution in [2.45, 2.75) is 39.2 Å². The predicted octanol–water partition coefficient (Wildman–Crippen LogP) is 4.45. The smallest absolute Gasteiger partial charge is 0.337 e. The van der Waals surface area contributed by atoms with Crippen LogP contribution in [-0.4, -0.2) is 35.8 Å². The van der Waals surface area contributed by atoms with Gasteiger partial charge >= 0.3 is 11.9 Å². The molecule has 1 heterocycles. The molecule has 0 saturated heterocycles. The lowest BCUT2D eigenvalue weighted by Crippen LogP contribution is -2.03. The number of carbonyl (C=O) groups excluding carboxylic acids is 1. The van der Waals surface area contributed by atoms with Gasteiger partial charge in [0, 0.05) is 36.5 Å². The number of aliphatic carboxylic acids is 1. The average Bonchev–Trinajstić information content (AvgIpc) is 3.08. The van der Waals surface area contributed by atoms with Crippen LogP contribution in [0.5, 0.6) is 5.75 Å². The number of carboxylic acids is 1. The minimum atomic E-state index is -0.797. The quantitative estimate of drug-likeness (QED) is 0.528. The first kappa shape index (κ1) is 21.4. The minimum absolute atomic E-state index is 0.110. The fourth-order valence-corrected chi connectivity index (χ4v) is 3.73. The Morgan fingerprint density at radius 2 is 1.87 bits per heavy atom. The van der Waals surface area contributed by atoms with E-state index in [-0.39, 0.29) is 6.42 Å². The highest BCUT2D eigenvalue weighted by atomic mass is 16.5. The van der Waals surface area contributed by atoms with Gasteiger partial charge in [0.1, 0.15) is 5.75 Å². The van der Waals surface area contributed by atoms with Gasteiger partial charge in [-0.05, 0) is 53.8 Å². The summed E-state index contributed by atoms with van der Waals surface area (Å²) in [5.41, 5.74) is 4.70. The van der Waals surface area contributed by atoms with Gasteiger partial charge in [0.25, 0.3) is 0 Å². The van der Waals surface area contributed by atoms with E-state index in [1.807, 2.05) is 12.1 Å². The molecule has 158 valence electrons. The maximum Gasteiger partial charge on any atom is 0.337 e. The van der Waals surface area contributed by atoms with E-state index < -0.39 is 11.9 Å². The van der Waals surface area contributed by atoms with Crippen molar-refractivity contribution in [3.05, 3.63) is 64.8 Å². The first-order chi connectivity index (χ1) is 14.5. The van der Waals surface area contributed by atoms with Crippen LogP contribution < -0.4 is 4.74 Å². The van der Waals surface area contributed by atoms with Gasteiger partial charge < -0.3 is 19.1 Å². The van der Waals surface area contributed by atoms with E-state index in [1.54, 1.807) is 19.2 Å². The Hall–Kier alpha value is -3.28. The predicted molar refractivity (Wildman–Crippen MR) is 115 cm³/mol. The van der Waals surface area contributed by atoms with E-state index >= 15 is 0 Å². The molecule has 3 rings (SSSR count). The molecular weight excluding hydrogens is 382 g/mol. The number of ether oxygens (including phenoxy) is 2. The number of rotatable bonds is 9. The fraction of sp³-hybridized carbons (Fsp3) is 0.333. The summed E-state index contributed by atoms with van der Waals surface area (Å²) in [6, 6.07) is 11.5. The number of aryl methyl sites for hydroxylation is 2. The van der Waals surface area contributed by atoms with Crippen LogP contribution in [0.15, 0.2) is 42.6 Å². The number of carboxylic acid groups (broad SMARTS) is 1. The SMILES string of the molecule is CCCn1cc(Cc2ccc(C(=O)OC)cc2OC)c2cc(CCC(=O)O)ccc21. The Bertz CT molecular complexity index is 1070. The van der Waals surface area contributed by atoms with Crippen molar-refractivity contribution >= 4 is 22.8 Å². The van der Waals surface area contributed by atoms with Gasteiger partial charge in [-0.15, -0.1) is 0 Å². The van der Waals surface area contributed by atoms with Gasteiger partial charge in [0.2, 0.25) is 0 Å². The van der Waals surface area contributed by atoms with Crippen LogP contribution in [0.3, 0.4) is 0 Å². The van der Waals surface area contributed by atoms with Crippen LogP contribution in [-0.2, 0) is 28.9 Å². The number of hydrogen-bond donors (Lipinski definition) is 1. The summed E-state index contributed by atoms with van der Waals surface area (Å²) >= 11 is 0. The summed E-state index contributed by atoms with van der Waals surface area (Å²) in [7, 11) is 2.94. The Kier molecular flexibility index (Phi) is 6.77. The van der Waals surface area contributed by atoms with Gasteiger partial charge in [0.15, 0.2) is 0 Å². The van der Waals surface area contributed by atoms with Crippen molar-refractivity contribution in [3.8, 4) is 5.75 Å². The topological polar surface area (TPSA) is 77.8 Å². The Balaban J connectivity index is 2.00. The van der Waals surface area contributed by atoms with Crippen LogP contribution >= 0.6 is 0 Å². The second kappa shape index (κ2) is 9.48. The zero-order valence-corrected chi connectivity index (χ0v) is 17.6. The molecule has 0 aliphatic carbocycles. The number of carbonyl (C=O) groups is 2. The van der Waals surface area contributed by atoms with Gasteiger partial charge in [0.05, 0.1) is 19.8 Å². The second-order valence-electron chi connectivity index (χ2n) is 7.29. The number of esters is 1. The van der Waals surface area contributed by atoms with Crippen molar-refractivity contribution in [3.63, 3.8) is 0 Å². The third-order valence-corrected chi connectivity index (χ3v) is 5.21. The van der Waals surface area contributed by atoms with E-state index in [4.69, 9.17) is 14.6 Å². The molecule has 30 heavy (non-hydrogen) atoms. The molecule has 0 saturated carbocycles. The van der Waals surface area contributed by atoms with Crippen LogP contribution in [0, 0.1) is 0 Å². The maximum absolute atomic E-state index is 11.8. The van der Waals surface area contributed by atoms with Crippen LogP contribution in [0.1, 0.15) is 46.8 Å². The molecule has 0 atom stereocenters. The lowest BCUT2D eigenvalue weighted by Gasteiger charge is -2.10. The van der Waals surface area contributed by atoms with E-state index in [2.05, 4.69) is 29.8 Å². The molecule has 0 amide bonds. The van der Waals surface area contributed by atoms with Gasteiger partial charge in [-0.25, -0.2) is 4.79 Å². The van der Waals surface area contributed by atoms with Crippen LogP contribution in [0.2, 0.25) is 0 Å². The van der Waals surface area contributed by atoms with Crippen LogP contribution in [0.4, 0.5) is 0 Å². The number of nitrogens with zero attached hydrogens (tertiary/aromatic N) is 1. The number of aromatic nitrogens is 1. The van der Waals surface area contributed by atoms with E-state index in [1.165, 1.54) is 7.11 Å². The molecule has 0 fully saturated rings. The molecule has 0 spiro atoms. The second-order valence-corrected chi connectivity index (χ2v) is 7.29. The molecule has 2 aromatic carbocycles. The highest BCUT2D eigenvalue weighted by Gasteiger charge is 2.15. The third kappa shape index (κ3) is 4.64. The lowest BCUT2D eigenvalue weighted by molar-refractivity contribution is -0.136. The summed E-state index contributed by atoms with van der Waals surface area (Å²) in [4.78, 5) is 22.8. The van der Waals surface area contributed by atoms with E-state index in [0.29, 0.717) is 24.2 Å². The Labute approximate surface area is 176 Å². The minimum Gasteiger partial charge on any atom is -0.496 e. The van der Waals surface area contributed by atoms with Crippen molar-refractivity contribution in [2.24, 2.45) is 0 Å². The normalized spacial score (nSPS) is 10.9. The van der Waals surface area contributed by atoms with Gasteiger partial charge in [-0.1, -0.05) is 19.1 Å². The zero-order chi connectivity index (χ0) is 21.7. The molecule has 0 aliphatic heterocycles. The monoisotopic (exact) mass is 409 g/mol. The molecule has 0 radical (unpaired) electrons. The first-order valence-electron chi connectivity index (χ1n) is 10.0. The molecule has 6 heteroatoms. The standard InChI is InChI=1S/C24H27NO5/c1-4-11-25-15-19(20-12-16(5-9-21(20)25)6-10-23(26)27)13-17-7-8-18(24(28)30-3)14-22(17)29-2/h5,7-9,12,14-15H,4,6,10-11,13H2,1-3H3,(H,26,27). The average molecular weight is 409 g/mol. The number of methoxy groups -OCH3 is 2. The van der Waals surface area contributed by atoms with E-state index in [9.17, 15) is 9.59 Å². The molecule has 0 bridgehead atoms. The number of fused-ring (bicyclic) bond motifs is 1. The summed E-state index contributed by atoms with van der Waals surface area (Å²) in [6.07, 6.45) is 4.42. The first-order valence-corrected chi connectivity index (χ1v) is 10.0. The number of hydrogen-bond acceptors (Lipinski definition) is 4. The lowest BCUT2D eigenvalue weighted by atomic mass is 10.00. The summed E-state index contributed by atoms with van der Waals surface area (Å²) in [5.74, 6) is -0.562. The molecule has 1 N–H and O–H groups in total. The van der Waals surface area contributed by atoms with Crippen LogP contribution in [0.25, 0.3) is 10.9 Å². The highest BCUT2D eigenvalue weighted by Crippen LogP contribution is 2.29. The molecular formula is C24H27NO5. The van der Waals surface area contributed by atoms with E-state index in [0.717, 1.165) is 40.6 Å². The molecule has 0 aliphatic rings. The number of benzene rings is 2.